The van der Waals surface area contributed by atoms with Crippen LogP contribution in [-0.2, 0) is 9.53 Å². The summed E-state index contributed by atoms with van der Waals surface area (Å²) in [4.78, 5) is 11.1. The van der Waals surface area contributed by atoms with E-state index in [2.05, 4.69) is 13.8 Å². The molecule has 0 aliphatic rings. The van der Waals surface area contributed by atoms with Gasteiger partial charge in [0.25, 0.3) is 0 Å². The van der Waals surface area contributed by atoms with Crippen LogP contribution in [0.15, 0.2) is 0 Å². The molecule has 3 nitrogen and oxygen atoms in total. The molecular formula is C10H20O3. The topological polar surface area (TPSA) is 46.5 Å². The molecule has 0 aromatic carbocycles. The Labute approximate surface area is 80.1 Å². The number of aliphatic hydroxyl groups excluding tert-OH is 1. The number of hydrogen-bond acceptors (Lipinski definition) is 3. The monoisotopic (exact) mass is 188 g/mol. The summed E-state index contributed by atoms with van der Waals surface area (Å²) in [6.45, 7) is 6.14. The molecule has 0 radical (unpaired) electrons. The maximum absolute atomic E-state index is 11.1. The van der Waals surface area contributed by atoms with Crippen molar-refractivity contribution in [3.05, 3.63) is 0 Å². The molecule has 0 saturated heterocycles. The molecule has 0 saturated carbocycles. The molecule has 0 aromatic rings. The number of hydrogen-bond donors (Lipinski definition) is 1. The van der Waals surface area contributed by atoms with Crippen LogP contribution in [0.25, 0.3) is 0 Å². The van der Waals surface area contributed by atoms with Gasteiger partial charge in [-0.15, -0.1) is 0 Å². The van der Waals surface area contributed by atoms with E-state index in [4.69, 9.17) is 9.84 Å². The molecule has 0 rings (SSSR count). The number of carbonyl (C=O) groups excluding carboxylic acids is 1. The Morgan fingerprint density at radius 1 is 1.38 bits per heavy atom. The Hall–Kier alpha value is -0.570. The van der Waals surface area contributed by atoms with E-state index < -0.39 is 0 Å². The Morgan fingerprint density at radius 2 is 2.00 bits per heavy atom. The number of esters is 1. The Kier molecular flexibility index (Phi) is 6.59. The molecule has 78 valence electrons. The van der Waals surface area contributed by atoms with Crippen LogP contribution < -0.4 is 0 Å². The molecule has 0 aromatic heterocycles. The first-order chi connectivity index (χ1) is 6.06. The number of rotatable bonds is 6. The molecule has 13 heavy (non-hydrogen) atoms. The first-order valence-corrected chi connectivity index (χ1v) is 4.86. The Morgan fingerprint density at radius 3 is 2.46 bits per heavy atom. The fraction of sp³-hybridized carbons (Fsp3) is 0.900. The normalized spacial score (nSPS) is 13.0. The quantitative estimate of drug-likeness (QED) is 0.646. The van der Waals surface area contributed by atoms with E-state index in [0.717, 1.165) is 6.42 Å². The standard InChI is InChI=1S/C10H20O3/c1-8(2)7-9(3)13-10(12)5-4-6-11/h8-9,11H,4-7H2,1-3H3. The van der Waals surface area contributed by atoms with Gasteiger partial charge in [-0.1, -0.05) is 13.8 Å². The molecule has 1 atom stereocenters. The largest absolute Gasteiger partial charge is 0.463 e. The molecule has 3 heteroatoms. The maximum Gasteiger partial charge on any atom is 0.306 e. The van der Waals surface area contributed by atoms with Crippen molar-refractivity contribution in [1.82, 2.24) is 0 Å². The lowest BCUT2D eigenvalue weighted by Gasteiger charge is -2.14. The lowest BCUT2D eigenvalue weighted by molar-refractivity contribution is -0.149. The zero-order chi connectivity index (χ0) is 10.3. The van der Waals surface area contributed by atoms with E-state index in [9.17, 15) is 4.79 Å². The minimum Gasteiger partial charge on any atom is -0.463 e. The second kappa shape index (κ2) is 6.89. The van der Waals surface area contributed by atoms with Crippen molar-refractivity contribution < 1.29 is 14.6 Å². The average Bonchev–Trinajstić information content (AvgIpc) is 1.98. The first kappa shape index (κ1) is 12.4. The Bertz CT molecular complexity index is 143. The zero-order valence-corrected chi connectivity index (χ0v) is 8.75. The van der Waals surface area contributed by atoms with E-state index in [0.29, 0.717) is 18.8 Å². The van der Waals surface area contributed by atoms with Crippen molar-refractivity contribution in [1.29, 1.82) is 0 Å². The third kappa shape index (κ3) is 7.78. The molecule has 0 spiro atoms. The van der Waals surface area contributed by atoms with Crippen molar-refractivity contribution >= 4 is 5.97 Å². The van der Waals surface area contributed by atoms with Gasteiger partial charge in [0, 0.05) is 13.0 Å². The summed E-state index contributed by atoms with van der Waals surface area (Å²) in [5.74, 6) is 0.336. The van der Waals surface area contributed by atoms with Crippen LogP contribution >= 0.6 is 0 Å². The highest BCUT2D eigenvalue weighted by molar-refractivity contribution is 5.69. The second-order valence-electron chi connectivity index (χ2n) is 3.76. The predicted octanol–water partition coefficient (Wildman–Crippen LogP) is 1.74. The first-order valence-electron chi connectivity index (χ1n) is 4.86. The van der Waals surface area contributed by atoms with Crippen molar-refractivity contribution in [2.45, 2.75) is 46.1 Å². The van der Waals surface area contributed by atoms with E-state index >= 15 is 0 Å². The van der Waals surface area contributed by atoms with Gasteiger partial charge in [-0.2, -0.15) is 0 Å². The summed E-state index contributed by atoms with van der Waals surface area (Å²) in [5, 5.41) is 8.49. The molecule has 0 fully saturated rings. The minimum absolute atomic E-state index is 0.00815. The molecule has 0 heterocycles. The van der Waals surface area contributed by atoms with Gasteiger partial charge < -0.3 is 9.84 Å². The summed E-state index contributed by atoms with van der Waals surface area (Å²) < 4.78 is 5.11. The smallest absolute Gasteiger partial charge is 0.306 e. The van der Waals surface area contributed by atoms with Crippen molar-refractivity contribution in [3.8, 4) is 0 Å². The number of carbonyl (C=O) groups is 1. The fourth-order valence-corrected chi connectivity index (χ4v) is 1.22. The van der Waals surface area contributed by atoms with Crippen LogP contribution in [0, 0.1) is 5.92 Å². The van der Waals surface area contributed by atoms with Gasteiger partial charge in [0.1, 0.15) is 0 Å². The van der Waals surface area contributed by atoms with Crippen molar-refractivity contribution in [2.75, 3.05) is 6.61 Å². The van der Waals surface area contributed by atoms with Crippen LogP contribution in [0.4, 0.5) is 0 Å². The third-order valence-corrected chi connectivity index (χ3v) is 1.67. The highest BCUT2D eigenvalue weighted by atomic mass is 16.5. The SMILES string of the molecule is CC(C)CC(C)OC(=O)CCCO. The van der Waals surface area contributed by atoms with Gasteiger partial charge in [-0.05, 0) is 25.7 Å². The van der Waals surface area contributed by atoms with Gasteiger partial charge in [-0.25, -0.2) is 0 Å². The molecule has 0 aliphatic carbocycles. The number of ether oxygens (including phenoxy) is 1. The van der Waals surface area contributed by atoms with E-state index in [1.165, 1.54) is 0 Å². The highest BCUT2D eigenvalue weighted by Crippen LogP contribution is 2.08. The fourth-order valence-electron chi connectivity index (χ4n) is 1.22. The summed E-state index contributed by atoms with van der Waals surface area (Å²) in [6, 6.07) is 0. The van der Waals surface area contributed by atoms with Crippen LogP contribution in [0.2, 0.25) is 0 Å². The molecule has 1 unspecified atom stereocenters. The highest BCUT2D eigenvalue weighted by Gasteiger charge is 2.10. The summed E-state index contributed by atoms with van der Waals surface area (Å²) in [7, 11) is 0. The lowest BCUT2D eigenvalue weighted by Crippen LogP contribution is -2.16. The summed E-state index contributed by atoms with van der Waals surface area (Å²) >= 11 is 0. The van der Waals surface area contributed by atoms with Crippen molar-refractivity contribution in [2.24, 2.45) is 5.92 Å². The van der Waals surface area contributed by atoms with Gasteiger partial charge in [-0.3, -0.25) is 4.79 Å². The van der Waals surface area contributed by atoms with E-state index in [1.807, 2.05) is 6.92 Å². The van der Waals surface area contributed by atoms with Crippen LogP contribution in [0.5, 0.6) is 0 Å². The summed E-state index contributed by atoms with van der Waals surface area (Å²) in [6.07, 6.45) is 1.70. The van der Waals surface area contributed by atoms with Crippen LogP contribution in [0.3, 0.4) is 0 Å². The second-order valence-corrected chi connectivity index (χ2v) is 3.76. The van der Waals surface area contributed by atoms with Gasteiger partial charge in [0.05, 0.1) is 6.10 Å². The average molecular weight is 188 g/mol. The third-order valence-electron chi connectivity index (χ3n) is 1.67. The molecule has 0 aliphatic heterocycles. The van der Waals surface area contributed by atoms with Crippen LogP contribution in [0.1, 0.15) is 40.0 Å². The molecule has 1 N–H and O–H groups in total. The predicted molar refractivity (Wildman–Crippen MR) is 51.3 cm³/mol. The zero-order valence-electron chi connectivity index (χ0n) is 8.75. The molecular weight excluding hydrogens is 168 g/mol. The van der Waals surface area contributed by atoms with Gasteiger partial charge in [0.2, 0.25) is 0 Å². The lowest BCUT2D eigenvalue weighted by atomic mass is 10.1. The Balaban J connectivity index is 3.53. The van der Waals surface area contributed by atoms with Gasteiger partial charge in [0.15, 0.2) is 0 Å². The van der Waals surface area contributed by atoms with E-state index in [1.54, 1.807) is 0 Å². The summed E-state index contributed by atoms with van der Waals surface area (Å²) in [5.41, 5.74) is 0. The molecule has 0 bridgehead atoms. The van der Waals surface area contributed by atoms with Crippen molar-refractivity contribution in [3.63, 3.8) is 0 Å². The maximum atomic E-state index is 11.1. The van der Waals surface area contributed by atoms with Crippen LogP contribution in [-0.4, -0.2) is 23.8 Å². The van der Waals surface area contributed by atoms with Gasteiger partial charge >= 0.3 is 5.97 Å². The number of aliphatic hydroxyl groups is 1. The molecule has 0 amide bonds. The minimum atomic E-state index is -0.206. The van der Waals surface area contributed by atoms with E-state index in [-0.39, 0.29) is 18.7 Å².